The molecule has 0 atom stereocenters. The SMILES string of the molecule is COc1cc2c(cc1OC)C[S+]([O-])C2. The zero-order chi connectivity index (χ0) is 10.1. The molecule has 0 unspecified atom stereocenters. The molecule has 2 rings (SSSR count). The van der Waals surface area contributed by atoms with Gasteiger partial charge in [-0.25, -0.2) is 0 Å². The second-order valence-electron chi connectivity index (χ2n) is 3.20. The second kappa shape index (κ2) is 3.71. The van der Waals surface area contributed by atoms with Crippen molar-refractivity contribution in [1.82, 2.24) is 0 Å². The van der Waals surface area contributed by atoms with E-state index < -0.39 is 11.2 Å². The molecule has 0 spiro atoms. The Morgan fingerprint density at radius 1 is 1.07 bits per heavy atom. The molecule has 0 saturated carbocycles. The van der Waals surface area contributed by atoms with E-state index in [1.165, 1.54) is 0 Å². The Bertz CT molecular complexity index is 318. The van der Waals surface area contributed by atoms with Gasteiger partial charge in [0.2, 0.25) is 0 Å². The number of hydrogen-bond donors (Lipinski definition) is 0. The Hall–Kier alpha value is -0.870. The monoisotopic (exact) mass is 212 g/mol. The first-order valence-electron chi connectivity index (χ1n) is 4.33. The van der Waals surface area contributed by atoms with Crippen LogP contribution in [0.3, 0.4) is 0 Å². The van der Waals surface area contributed by atoms with Gasteiger partial charge in [0.15, 0.2) is 11.5 Å². The van der Waals surface area contributed by atoms with Crippen LogP contribution in [-0.4, -0.2) is 18.8 Å². The summed E-state index contributed by atoms with van der Waals surface area (Å²) in [5.74, 6) is 2.70. The highest BCUT2D eigenvalue weighted by molar-refractivity contribution is 7.90. The number of methoxy groups -OCH3 is 2. The van der Waals surface area contributed by atoms with E-state index in [1.54, 1.807) is 14.2 Å². The van der Waals surface area contributed by atoms with Crippen molar-refractivity contribution in [3.05, 3.63) is 23.3 Å². The third-order valence-corrected chi connectivity index (χ3v) is 3.60. The van der Waals surface area contributed by atoms with Gasteiger partial charge in [0.05, 0.1) is 14.2 Å². The van der Waals surface area contributed by atoms with Gasteiger partial charge < -0.3 is 14.0 Å². The van der Waals surface area contributed by atoms with Crippen molar-refractivity contribution in [2.24, 2.45) is 0 Å². The summed E-state index contributed by atoms with van der Waals surface area (Å²) in [6.45, 7) is 0. The van der Waals surface area contributed by atoms with E-state index in [0.717, 1.165) is 11.1 Å². The van der Waals surface area contributed by atoms with Gasteiger partial charge in [-0.3, -0.25) is 0 Å². The Balaban J connectivity index is 2.43. The van der Waals surface area contributed by atoms with Crippen molar-refractivity contribution in [1.29, 1.82) is 0 Å². The fourth-order valence-corrected chi connectivity index (χ4v) is 2.96. The molecule has 76 valence electrons. The first-order valence-corrected chi connectivity index (χ1v) is 5.82. The fourth-order valence-electron chi connectivity index (χ4n) is 1.63. The average molecular weight is 212 g/mol. The summed E-state index contributed by atoms with van der Waals surface area (Å²) < 4.78 is 21.7. The molecule has 0 radical (unpaired) electrons. The molecule has 3 nitrogen and oxygen atoms in total. The minimum Gasteiger partial charge on any atom is -0.616 e. The predicted molar refractivity (Wildman–Crippen MR) is 55.1 cm³/mol. The topological polar surface area (TPSA) is 41.5 Å². The van der Waals surface area contributed by atoms with Gasteiger partial charge in [-0.15, -0.1) is 0 Å². The maximum Gasteiger partial charge on any atom is 0.161 e. The quantitative estimate of drug-likeness (QED) is 0.697. The van der Waals surface area contributed by atoms with Crippen LogP contribution in [0, 0.1) is 0 Å². The van der Waals surface area contributed by atoms with Gasteiger partial charge in [0.1, 0.15) is 11.5 Å². The highest BCUT2D eigenvalue weighted by Gasteiger charge is 2.24. The van der Waals surface area contributed by atoms with E-state index in [1.807, 2.05) is 12.1 Å². The normalized spacial score (nSPS) is 15.4. The standard InChI is InChI=1S/C10H12O3S/c1-12-9-3-7-5-14(11)6-8(7)4-10(9)13-2/h3-4H,5-6H2,1-2H3. The molecule has 1 aromatic carbocycles. The van der Waals surface area contributed by atoms with Crippen LogP contribution in [0.4, 0.5) is 0 Å². The van der Waals surface area contributed by atoms with E-state index >= 15 is 0 Å². The molecule has 0 saturated heterocycles. The highest BCUT2D eigenvalue weighted by atomic mass is 32.2. The molecule has 1 aliphatic rings. The molecule has 14 heavy (non-hydrogen) atoms. The van der Waals surface area contributed by atoms with Crippen LogP contribution >= 0.6 is 0 Å². The van der Waals surface area contributed by atoms with Crippen molar-refractivity contribution in [2.75, 3.05) is 14.2 Å². The van der Waals surface area contributed by atoms with Crippen LogP contribution in [0.1, 0.15) is 11.1 Å². The lowest BCUT2D eigenvalue weighted by atomic mass is 10.1. The zero-order valence-corrected chi connectivity index (χ0v) is 9.02. The van der Waals surface area contributed by atoms with Crippen LogP contribution < -0.4 is 9.47 Å². The average Bonchev–Trinajstić information content (AvgIpc) is 2.54. The third-order valence-electron chi connectivity index (χ3n) is 2.34. The predicted octanol–water partition coefficient (Wildman–Crippen LogP) is 1.47. The number of rotatable bonds is 2. The van der Waals surface area contributed by atoms with Gasteiger partial charge >= 0.3 is 0 Å². The summed E-state index contributed by atoms with van der Waals surface area (Å²) in [4.78, 5) is 0. The molecule has 1 heterocycles. The van der Waals surface area contributed by atoms with Crippen LogP contribution in [0.15, 0.2) is 12.1 Å². The molecular formula is C10H12O3S. The van der Waals surface area contributed by atoms with E-state index in [4.69, 9.17) is 9.47 Å². The van der Waals surface area contributed by atoms with Crippen LogP contribution in [0.25, 0.3) is 0 Å². The Morgan fingerprint density at radius 3 is 1.86 bits per heavy atom. The smallest absolute Gasteiger partial charge is 0.161 e. The summed E-state index contributed by atoms with van der Waals surface area (Å²) in [7, 11) is 3.21. The third kappa shape index (κ3) is 1.55. The number of ether oxygens (including phenoxy) is 2. The largest absolute Gasteiger partial charge is 0.616 e. The number of fused-ring (bicyclic) bond motifs is 1. The van der Waals surface area contributed by atoms with Gasteiger partial charge in [0, 0.05) is 11.1 Å². The molecular weight excluding hydrogens is 200 g/mol. The lowest BCUT2D eigenvalue weighted by Gasteiger charge is -2.08. The maximum atomic E-state index is 11.3. The molecule has 0 aliphatic carbocycles. The molecule has 0 fully saturated rings. The van der Waals surface area contributed by atoms with E-state index in [-0.39, 0.29) is 0 Å². The van der Waals surface area contributed by atoms with E-state index in [2.05, 4.69) is 0 Å². The maximum absolute atomic E-state index is 11.3. The summed E-state index contributed by atoms with van der Waals surface area (Å²) >= 11 is -0.751. The van der Waals surface area contributed by atoms with Gasteiger partial charge in [-0.05, 0) is 23.3 Å². The first kappa shape index (κ1) is 9.68. The van der Waals surface area contributed by atoms with Crippen molar-refractivity contribution < 1.29 is 14.0 Å². The van der Waals surface area contributed by atoms with Crippen LogP contribution in [0.5, 0.6) is 11.5 Å². The van der Waals surface area contributed by atoms with Crippen molar-refractivity contribution in [3.8, 4) is 11.5 Å². The van der Waals surface area contributed by atoms with Crippen LogP contribution in [-0.2, 0) is 22.7 Å². The summed E-state index contributed by atoms with van der Waals surface area (Å²) in [5, 5.41) is 0. The second-order valence-corrected chi connectivity index (χ2v) is 4.66. The molecule has 0 bridgehead atoms. The summed E-state index contributed by atoms with van der Waals surface area (Å²) in [5.41, 5.74) is 2.22. The molecule has 0 aromatic heterocycles. The van der Waals surface area contributed by atoms with Crippen molar-refractivity contribution in [3.63, 3.8) is 0 Å². The highest BCUT2D eigenvalue weighted by Crippen LogP contribution is 2.35. The van der Waals surface area contributed by atoms with Crippen molar-refractivity contribution in [2.45, 2.75) is 11.5 Å². The molecule has 0 N–H and O–H groups in total. The van der Waals surface area contributed by atoms with Gasteiger partial charge in [-0.1, -0.05) is 0 Å². The van der Waals surface area contributed by atoms with E-state index in [0.29, 0.717) is 23.0 Å². The Labute approximate surface area is 86.2 Å². The lowest BCUT2D eigenvalue weighted by molar-refractivity contribution is 0.354. The van der Waals surface area contributed by atoms with E-state index in [9.17, 15) is 4.55 Å². The minimum absolute atomic E-state index is 0.635. The molecule has 1 aromatic rings. The summed E-state index contributed by atoms with van der Waals surface area (Å²) in [6, 6.07) is 3.83. The van der Waals surface area contributed by atoms with Gasteiger partial charge in [0.25, 0.3) is 0 Å². The van der Waals surface area contributed by atoms with Crippen molar-refractivity contribution >= 4 is 11.2 Å². The minimum atomic E-state index is -0.751. The molecule has 1 aliphatic heterocycles. The zero-order valence-electron chi connectivity index (χ0n) is 8.20. The number of benzene rings is 1. The first-order chi connectivity index (χ1) is 6.74. The van der Waals surface area contributed by atoms with Crippen LogP contribution in [0.2, 0.25) is 0 Å². The fraction of sp³-hybridized carbons (Fsp3) is 0.400. The molecule has 0 amide bonds. The summed E-state index contributed by atoms with van der Waals surface area (Å²) in [6.07, 6.45) is 0. The Morgan fingerprint density at radius 2 is 1.50 bits per heavy atom. The van der Waals surface area contributed by atoms with Gasteiger partial charge in [-0.2, -0.15) is 0 Å². The molecule has 4 heteroatoms. The number of hydrogen-bond acceptors (Lipinski definition) is 3. The Kier molecular flexibility index (Phi) is 2.56. The lowest BCUT2D eigenvalue weighted by Crippen LogP contribution is -1.95.